The maximum atomic E-state index is 12.9. The van der Waals surface area contributed by atoms with Gasteiger partial charge in [-0.25, -0.2) is 18.1 Å². The van der Waals surface area contributed by atoms with Gasteiger partial charge in [0.1, 0.15) is 6.04 Å². The highest BCUT2D eigenvalue weighted by molar-refractivity contribution is 7.89. The van der Waals surface area contributed by atoms with E-state index in [2.05, 4.69) is 5.32 Å². The van der Waals surface area contributed by atoms with E-state index >= 15 is 0 Å². The molecule has 1 N–H and O–H groups in total. The lowest BCUT2D eigenvalue weighted by Gasteiger charge is -2.35. The van der Waals surface area contributed by atoms with Crippen molar-refractivity contribution in [2.75, 3.05) is 32.8 Å². The Morgan fingerprint density at radius 1 is 1.07 bits per heavy atom. The van der Waals surface area contributed by atoms with Crippen molar-refractivity contribution in [3.05, 3.63) is 29.3 Å². The number of urea groups is 1. The van der Waals surface area contributed by atoms with Crippen molar-refractivity contribution in [2.45, 2.75) is 44.6 Å². The molecule has 1 aromatic carbocycles. The van der Waals surface area contributed by atoms with Crippen molar-refractivity contribution in [3.63, 3.8) is 0 Å². The molecule has 2 saturated heterocycles. The van der Waals surface area contributed by atoms with Gasteiger partial charge in [-0.2, -0.15) is 4.31 Å². The van der Waals surface area contributed by atoms with Gasteiger partial charge in [0.15, 0.2) is 0 Å². The summed E-state index contributed by atoms with van der Waals surface area (Å²) in [7, 11) is -3.54. The summed E-state index contributed by atoms with van der Waals surface area (Å²) in [5.41, 5.74) is 2.00. The summed E-state index contributed by atoms with van der Waals surface area (Å²) in [5.74, 6) is -0.197. The van der Waals surface area contributed by atoms with Crippen molar-refractivity contribution in [1.29, 1.82) is 0 Å². The molecule has 154 valence electrons. The minimum absolute atomic E-state index is 0.197. The second kappa shape index (κ2) is 8.18. The molecule has 0 unspecified atom stereocenters. The third kappa shape index (κ3) is 4.06. The SMILES string of the molecule is CCC[C@@H]1NC(=O)N(CN2CCN(S(=O)(=O)c3ccc(C)c(C)c3)CC2)C1=O. The van der Waals surface area contributed by atoms with Crippen LogP contribution >= 0.6 is 0 Å². The molecule has 0 saturated carbocycles. The van der Waals surface area contributed by atoms with Crippen molar-refractivity contribution in [2.24, 2.45) is 0 Å². The Morgan fingerprint density at radius 2 is 1.75 bits per heavy atom. The second-order valence-electron chi connectivity index (χ2n) is 7.47. The van der Waals surface area contributed by atoms with Gasteiger partial charge in [-0.15, -0.1) is 0 Å². The number of imide groups is 1. The fourth-order valence-corrected chi connectivity index (χ4v) is 5.04. The standard InChI is InChI=1S/C19H28N4O4S/c1-4-5-17-18(24)23(19(25)20-17)13-21-8-10-22(11-9-21)28(26,27)16-7-6-14(2)15(3)12-16/h6-7,12,17H,4-5,8-11,13H2,1-3H3,(H,20,25)/t17-/m0/s1. The van der Waals surface area contributed by atoms with Crippen LogP contribution in [0.5, 0.6) is 0 Å². The number of hydrogen-bond donors (Lipinski definition) is 1. The minimum Gasteiger partial charge on any atom is -0.326 e. The largest absolute Gasteiger partial charge is 0.326 e. The summed E-state index contributed by atoms with van der Waals surface area (Å²) >= 11 is 0. The van der Waals surface area contributed by atoms with Crippen LogP contribution in [0.15, 0.2) is 23.1 Å². The summed E-state index contributed by atoms with van der Waals surface area (Å²) < 4.78 is 27.3. The van der Waals surface area contributed by atoms with Gasteiger partial charge >= 0.3 is 6.03 Å². The van der Waals surface area contributed by atoms with E-state index in [1.165, 1.54) is 9.21 Å². The first-order valence-corrected chi connectivity index (χ1v) is 11.1. The van der Waals surface area contributed by atoms with E-state index in [1.54, 1.807) is 12.1 Å². The third-order valence-electron chi connectivity index (χ3n) is 5.47. The average Bonchev–Trinajstić information content (AvgIpc) is 2.92. The molecule has 2 fully saturated rings. The number of sulfonamides is 1. The van der Waals surface area contributed by atoms with Crippen LogP contribution in [0.2, 0.25) is 0 Å². The van der Waals surface area contributed by atoms with Gasteiger partial charge in [-0.1, -0.05) is 19.4 Å². The summed E-state index contributed by atoms with van der Waals surface area (Å²) in [5, 5.41) is 2.71. The number of benzene rings is 1. The zero-order chi connectivity index (χ0) is 20.5. The number of rotatable bonds is 6. The first-order valence-electron chi connectivity index (χ1n) is 9.65. The molecule has 0 spiro atoms. The Bertz CT molecular complexity index is 863. The van der Waals surface area contributed by atoms with Gasteiger partial charge in [0, 0.05) is 26.2 Å². The normalized spacial score (nSPS) is 22.0. The first kappa shape index (κ1) is 20.8. The molecule has 2 heterocycles. The molecule has 2 aliphatic heterocycles. The predicted octanol–water partition coefficient (Wildman–Crippen LogP) is 1.29. The lowest BCUT2D eigenvalue weighted by Crippen LogP contribution is -2.52. The monoisotopic (exact) mass is 408 g/mol. The maximum absolute atomic E-state index is 12.9. The van der Waals surface area contributed by atoms with Gasteiger partial charge in [-0.3, -0.25) is 9.69 Å². The Hall–Kier alpha value is -1.97. The van der Waals surface area contributed by atoms with E-state index in [1.807, 2.05) is 31.7 Å². The summed E-state index contributed by atoms with van der Waals surface area (Å²) in [6.07, 6.45) is 1.45. The van der Waals surface area contributed by atoms with Crippen LogP contribution < -0.4 is 5.32 Å². The number of carbonyl (C=O) groups is 2. The smallest absolute Gasteiger partial charge is 0.325 e. The Labute approximate surface area is 166 Å². The summed E-state index contributed by atoms with van der Waals surface area (Å²) in [4.78, 5) is 27.9. The van der Waals surface area contributed by atoms with Gasteiger partial charge in [0.25, 0.3) is 5.91 Å². The molecule has 3 amide bonds. The molecule has 2 aliphatic rings. The molecule has 8 nitrogen and oxygen atoms in total. The lowest BCUT2D eigenvalue weighted by atomic mass is 10.1. The Balaban J connectivity index is 1.60. The van der Waals surface area contributed by atoms with Crippen LogP contribution in [0, 0.1) is 13.8 Å². The number of piperazine rings is 1. The molecule has 28 heavy (non-hydrogen) atoms. The van der Waals surface area contributed by atoms with Gasteiger partial charge < -0.3 is 5.32 Å². The molecule has 9 heteroatoms. The van der Waals surface area contributed by atoms with Gasteiger partial charge in [0.05, 0.1) is 11.6 Å². The zero-order valence-corrected chi connectivity index (χ0v) is 17.5. The number of carbonyl (C=O) groups excluding carboxylic acids is 2. The Morgan fingerprint density at radius 3 is 2.36 bits per heavy atom. The number of nitrogens with zero attached hydrogens (tertiary/aromatic N) is 3. The minimum atomic E-state index is -3.54. The van der Waals surface area contributed by atoms with E-state index < -0.39 is 16.1 Å². The summed E-state index contributed by atoms with van der Waals surface area (Å²) in [6, 6.07) is 4.36. The van der Waals surface area contributed by atoms with Crippen LogP contribution in [-0.4, -0.2) is 73.4 Å². The number of amides is 3. The highest BCUT2D eigenvalue weighted by atomic mass is 32.2. The second-order valence-corrected chi connectivity index (χ2v) is 9.40. The number of hydrogen-bond acceptors (Lipinski definition) is 5. The van der Waals surface area contributed by atoms with Crippen molar-refractivity contribution in [1.82, 2.24) is 19.4 Å². The molecular weight excluding hydrogens is 380 g/mol. The first-order chi connectivity index (χ1) is 13.2. The molecule has 0 aliphatic carbocycles. The van der Waals surface area contributed by atoms with E-state index in [0.29, 0.717) is 37.5 Å². The van der Waals surface area contributed by atoms with Crippen LogP contribution in [0.4, 0.5) is 4.79 Å². The van der Waals surface area contributed by atoms with E-state index in [9.17, 15) is 18.0 Å². The highest BCUT2D eigenvalue weighted by Gasteiger charge is 2.39. The van der Waals surface area contributed by atoms with Gasteiger partial charge in [0.2, 0.25) is 10.0 Å². The molecular formula is C19H28N4O4S. The third-order valence-corrected chi connectivity index (χ3v) is 7.37. The quantitative estimate of drug-likeness (QED) is 0.717. The van der Waals surface area contributed by atoms with E-state index in [0.717, 1.165) is 17.5 Å². The van der Waals surface area contributed by atoms with Crippen LogP contribution in [0.3, 0.4) is 0 Å². The fraction of sp³-hybridized carbons (Fsp3) is 0.579. The molecule has 0 radical (unpaired) electrons. The topological polar surface area (TPSA) is 90.0 Å². The van der Waals surface area contributed by atoms with Crippen molar-refractivity contribution < 1.29 is 18.0 Å². The molecule has 3 rings (SSSR count). The van der Waals surface area contributed by atoms with E-state index in [4.69, 9.17) is 0 Å². The Kier molecular flexibility index (Phi) is 6.07. The summed E-state index contributed by atoms with van der Waals surface area (Å²) in [6.45, 7) is 7.62. The fourth-order valence-electron chi connectivity index (χ4n) is 3.53. The van der Waals surface area contributed by atoms with Crippen molar-refractivity contribution >= 4 is 22.0 Å². The van der Waals surface area contributed by atoms with Gasteiger partial charge in [-0.05, 0) is 43.5 Å². The number of nitrogens with one attached hydrogen (secondary N) is 1. The molecule has 0 aromatic heterocycles. The zero-order valence-electron chi connectivity index (χ0n) is 16.6. The molecule has 1 atom stereocenters. The van der Waals surface area contributed by atoms with Crippen LogP contribution in [0.1, 0.15) is 30.9 Å². The number of aryl methyl sites for hydroxylation is 2. The van der Waals surface area contributed by atoms with Crippen LogP contribution in [-0.2, 0) is 14.8 Å². The molecule has 1 aromatic rings. The van der Waals surface area contributed by atoms with Crippen molar-refractivity contribution in [3.8, 4) is 0 Å². The molecule has 0 bridgehead atoms. The maximum Gasteiger partial charge on any atom is 0.325 e. The van der Waals surface area contributed by atoms with E-state index in [-0.39, 0.29) is 18.6 Å². The lowest BCUT2D eigenvalue weighted by molar-refractivity contribution is -0.129. The average molecular weight is 409 g/mol. The van der Waals surface area contributed by atoms with Crippen LogP contribution in [0.25, 0.3) is 0 Å². The highest BCUT2D eigenvalue weighted by Crippen LogP contribution is 2.21. The predicted molar refractivity (Wildman–Crippen MR) is 105 cm³/mol.